The van der Waals surface area contributed by atoms with Crippen LogP contribution in [-0.4, -0.2) is 7.07 Å². The molecular formula is C12H2BN. The van der Waals surface area contributed by atoms with E-state index in [-0.39, 0.29) is 0 Å². The first-order chi connectivity index (χ1) is 6.91. The summed E-state index contributed by atoms with van der Waals surface area (Å²) in [5, 5.41) is 0. The first-order valence-electron chi connectivity index (χ1n) is 3.35. The molecule has 0 aromatic heterocycles. The predicted octanol–water partition coefficient (Wildman–Crippen LogP) is 0.0692. The van der Waals surface area contributed by atoms with E-state index in [0.717, 1.165) is 0 Å². The van der Waals surface area contributed by atoms with Gasteiger partial charge in [0.25, 0.3) is 0 Å². The predicted molar refractivity (Wildman–Crippen MR) is 57.0 cm³/mol. The van der Waals surface area contributed by atoms with Gasteiger partial charge in [-0.3, -0.25) is 0 Å². The first kappa shape index (κ1) is 11.2. The summed E-state index contributed by atoms with van der Waals surface area (Å²) in [6.07, 6.45) is 9.71. The molecule has 0 aliphatic carbocycles. The monoisotopic (exact) mass is 171 g/mol. The molecule has 0 amide bonds. The number of hydrogen-bond acceptors (Lipinski definition) is 1. The van der Waals surface area contributed by atoms with Gasteiger partial charge in [-0.1, -0.05) is 0 Å². The molecule has 0 N–H and O–H groups in total. The van der Waals surface area contributed by atoms with Crippen molar-refractivity contribution in [2.24, 2.45) is 4.90 Å². The Morgan fingerprint density at radius 1 is 0.786 bits per heavy atom. The van der Waals surface area contributed by atoms with Crippen LogP contribution in [0.1, 0.15) is 0 Å². The van der Waals surface area contributed by atoms with Crippen LogP contribution < -0.4 is 0 Å². The molecule has 0 spiro atoms. The molecule has 0 unspecified atom stereocenters. The number of nitrogens with zero attached hydrogens (tertiary/aromatic N) is 1. The maximum atomic E-state index is 4.86. The van der Waals surface area contributed by atoms with Gasteiger partial charge in [0.2, 0.25) is 0 Å². The van der Waals surface area contributed by atoms with Crippen LogP contribution in [-0.2, 0) is 0 Å². The summed E-state index contributed by atoms with van der Waals surface area (Å²) in [4.78, 5) is 3.59. The Kier molecular flexibility index (Phi) is 8.20. The minimum absolute atomic E-state index is 1.30. The second-order valence-corrected chi connectivity index (χ2v) is 1.55. The first-order valence-corrected chi connectivity index (χ1v) is 3.35. The zero-order valence-electron chi connectivity index (χ0n) is 7.18. The van der Waals surface area contributed by atoms with Crippen LogP contribution in [0.3, 0.4) is 0 Å². The molecule has 0 fully saturated rings. The van der Waals surface area contributed by atoms with E-state index in [1.165, 1.54) is 7.07 Å². The number of rotatable bonds is 0. The van der Waals surface area contributed by atoms with E-state index >= 15 is 0 Å². The van der Waals surface area contributed by atoms with Gasteiger partial charge in [-0.15, -0.1) is 0 Å². The molecule has 0 atom stereocenters. The third kappa shape index (κ3) is 9.22. The van der Waals surface area contributed by atoms with E-state index in [1.54, 1.807) is 0 Å². The van der Waals surface area contributed by atoms with Gasteiger partial charge in [0.05, 0.1) is 0 Å². The Morgan fingerprint density at radius 2 is 1.43 bits per heavy atom. The van der Waals surface area contributed by atoms with Crippen LogP contribution in [0.25, 0.3) is 0 Å². The van der Waals surface area contributed by atoms with E-state index in [2.05, 4.69) is 64.1 Å². The van der Waals surface area contributed by atoms with Crippen LogP contribution in [0.5, 0.6) is 0 Å². The van der Waals surface area contributed by atoms with Gasteiger partial charge in [-0.25, -0.2) is 0 Å². The minimum atomic E-state index is 1.30. The second kappa shape index (κ2) is 10.2. The van der Waals surface area contributed by atoms with Gasteiger partial charge in [-0.2, -0.15) is 0 Å². The molecule has 0 rings (SSSR count). The average Bonchev–Trinajstić information content (AvgIpc) is 2.21. The van der Waals surface area contributed by atoms with E-state index in [1.807, 2.05) is 0 Å². The van der Waals surface area contributed by atoms with Crippen molar-refractivity contribution in [3.05, 3.63) is 0 Å². The van der Waals surface area contributed by atoms with E-state index in [9.17, 15) is 0 Å². The average molecular weight is 171 g/mol. The van der Waals surface area contributed by atoms with Crippen molar-refractivity contribution in [3.8, 4) is 72.1 Å². The molecule has 0 bridgehead atoms. The third-order valence-electron chi connectivity index (χ3n) is 0.716. The van der Waals surface area contributed by atoms with Crippen molar-refractivity contribution in [1.82, 2.24) is 0 Å². The van der Waals surface area contributed by atoms with Crippen molar-refractivity contribution in [2.45, 2.75) is 0 Å². The molecule has 0 saturated carbocycles. The van der Waals surface area contributed by atoms with Crippen LogP contribution in [0.4, 0.5) is 0 Å². The van der Waals surface area contributed by atoms with E-state index in [0.29, 0.717) is 0 Å². The molecule has 58 valence electrons. The Bertz CT molecular complexity index is 485. The molecule has 0 aliphatic rings. The molecule has 14 heavy (non-hydrogen) atoms. The number of terminal acetylenes is 2. The molecule has 0 aromatic carbocycles. The molecule has 0 aromatic rings. The van der Waals surface area contributed by atoms with Crippen LogP contribution in [0.15, 0.2) is 4.90 Å². The molecule has 1 nitrogen and oxygen atoms in total. The van der Waals surface area contributed by atoms with Gasteiger partial charge in [0.15, 0.2) is 0 Å². The molecular weight excluding hydrogens is 169 g/mol. The van der Waals surface area contributed by atoms with E-state index in [4.69, 9.17) is 12.8 Å². The van der Waals surface area contributed by atoms with E-state index < -0.39 is 0 Å². The van der Waals surface area contributed by atoms with Crippen molar-refractivity contribution in [1.29, 1.82) is 0 Å². The third-order valence-corrected chi connectivity index (χ3v) is 0.716. The Hall–Kier alpha value is -2.78. The van der Waals surface area contributed by atoms with Crippen LogP contribution in [0.2, 0.25) is 0 Å². The fourth-order valence-electron chi connectivity index (χ4n) is 0.328. The number of hydrogen-bond donors (Lipinski definition) is 0. The molecule has 0 radical (unpaired) electrons. The van der Waals surface area contributed by atoms with Crippen molar-refractivity contribution < 1.29 is 0 Å². The SMILES string of the molecule is C#CC#CC#CB=NC#CC#CC#C. The van der Waals surface area contributed by atoms with Gasteiger partial charge >= 0.3 is 84.0 Å². The normalized spacial score (nSPS) is 4.71. The summed E-state index contributed by atoms with van der Waals surface area (Å²) in [5.74, 6) is 21.0. The summed E-state index contributed by atoms with van der Waals surface area (Å²) in [6, 6.07) is 2.37. The van der Waals surface area contributed by atoms with Crippen LogP contribution >= 0.6 is 0 Å². The molecule has 0 saturated heterocycles. The standard InChI is InChI=1S/C12H2BN/c1-3-5-7-9-11-13-14-12-10-8-6-4-2/h1-2H. The zero-order chi connectivity index (χ0) is 10.5. The molecule has 0 heterocycles. The summed E-state index contributed by atoms with van der Waals surface area (Å²) in [7, 11) is 1.30. The van der Waals surface area contributed by atoms with Crippen LogP contribution in [0, 0.1) is 72.1 Å². The fourth-order valence-corrected chi connectivity index (χ4v) is 0.328. The van der Waals surface area contributed by atoms with Gasteiger partial charge < -0.3 is 0 Å². The molecule has 0 aliphatic heterocycles. The second-order valence-electron chi connectivity index (χ2n) is 1.55. The fraction of sp³-hybridized carbons (Fsp3) is 0. The van der Waals surface area contributed by atoms with Gasteiger partial charge in [0.1, 0.15) is 0 Å². The maximum absolute atomic E-state index is 4.86. The quantitative estimate of drug-likeness (QED) is 0.361. The Morgan fingerprint density at radius 3 is 2.07 bits per heavy atom. The Labute approximate surface area is 84.6 Å². The zero-order valence-corrected chi connectivity index (χ0v) is 7.18. The molecule has 2 heteroatoms. The van der Waals surface area contributed by atoms with Gasteiger partial charge in [0, 0.05) is 0 Å². The summed E-state index contributed by atoms with van der Waals surface area (Å²) < 4.78 is 0. The Balaban J connectivity index is 4.07. The summed E-state index contributed by atoms with van der Waals surface area (Å²) in [6.45, 7) is 0. The summed E-state index contributed by atoms with van der Waals surface area (Å²) >= 11 is 0. The van der Waals surface area contributed by atoms with Crippen molar-refractivity contribution >= 4 is 7.07 Å². The van der Waals surface area contributed by atoms with Crippen molar-refractivity contribution in [2.75, 3.05) is 0 Å². The summed E-state index contributed by atoms with van der Waals surface area (Å²) in [5.41, 5.74) is 0. The van der Waals surface area contributed by atoms with Crippen molar-refractivity contribution in [3.63, 3.8) is 0 Å². The topological polar surface area (TPSA) is 12.4 Å². The van der Waals surface area contributed by atoms with Gasteiger partial charge in [-0.05, 0) is 0 Å².